The average molecular weight is 401 g/mol. The van der Waals surface area contributed by atoms with Crippen LogP contribution in [0.25, 0.3) is 0 Å². The zero-order chi connectivity index (χ0) is 21.3. The van der Waals surface area contributed by atoms with Crippen LogP contribution < -0.4 is 10.2 Å². The minimum Gasteiger partial charge on any atom is -0.452 e. The van der Waals surface area contributed by atoms with Gasteiger partial charge in [0.25, 0.3) is 11.8 Å². The van der Waals surface area contributed by atoms with E-state index in [2.05, 4.69) is 5.32 Å². The number of carbonyl (C=O) groups excluding carboxylic acids is 4. The maximum absolute atomic E-state index is 13.3. The summed E-state index contributed by atoms with van der Waals surface area (Å²) in [6.45, 7) is 7.50. The highest BCUT2D eigenvalue weighted by Gasteiger charge is 2.62. The highest BCUT2D eigenvalue weighted by molar-refractivity contribution is 6.15. The molecule has 3 amide bonds. The summed E-state index contributed by atoms with van der Waals surface area (Å²) in [4.78, 5) is 54.1. The molecule has 0 saturated carbocycles. The topological polar surface area (TPSA) is 96.0 Å². The summed E-state index contributed by atoms with van der Waals surface area (Å²) in [5.41, 5.74) is -0.803. The SMILES string of the molecule is CC(C)CNC(=O)COC(=O)[C@]12CCC(=O)N1c1ccccc1C(=O)N2C(C)C. The molecule has 0 radical (unpaired) electrons. The van der Waals surface area contributed by atoms with E-state index in [1.165, 1.54) is 9.80 Å². The number of amides is 3. The van der Waals surface area contributed by atoms with Gasteiger partial charge in [-0.1, -0.05) is 26.0 Å². The van der Waals surface area contributed by atoms with Gasteiger partial charge in [0.15, 0.2) is 6.61 Å². The van der Waals surface area contributed by atoms with E-state index in [1.54, 1.807) is 38.1 Å². The molecule has 1 N–H and O–H groups in total. The molecule has 1 aromatic carbocycles. The number of rotatable bonds is 6. The van der Waals surface area contributed by atoms with Crippen molar-refractivity contribution in [2.75, 3.05) is 18.1 Å². The number of anilines is 1. The van der Waals surface area contributed by atoms with Crippen molar-refractivity contribution in [1.82, 2.24) is 10.2 Å². The van der Waals surface area contributed by atoms with Crippen molar-refractivity contribution in [3.8, 4) is 0 Å². The quantitative estimate of drug-likeness (QED) is 0.732. The highest BCUT2D eigenvalue weighted by atomic mass is 16.5. The summed E-state index contributed by atoms with van der Waals surface area (Å²) in [6, 6.07) is 6.39. The summed E-state index contributed by atoms with van der Waals surface area (Å²) >= 11 is 0. The molecule has 29 heavy (non-hydrogen) atoms. The third-order valence-corrected chi connectivity index (χ3v) is 5.18. The molecule has 1 atom stereocenters. The Morgan fingerprint density at radius 2 is 1.86 bits per heavy atom. The molecule has 0 aromatic heterocycles. The lowest BCUT2D eigenvalue weighted by atomic mass is 9.95. The van der Waals surface area contributed by atoms with Gasteiger partial charge in [-0.25, -0.2) is 4.79 Å². The Morgan fingerprint density at radius 1 is 1.17 bits per heavy atom. The lowest BCUT2D eigenvalue weighted by Gasteiger charge is -2.50. The van der Waals surface area contributed by atoms with E-state index in [0.29, 0.717) is 17.8 Å². The van der Waals surface area contributed by atoms with Gasteiger partial charge in [0.05, 0.1) is 11.3 Å². The summed E-state index contributed by atoms with van der Waals surface area (Å²) in [5, 5.41) is 2.69. The van der Waals surface area contributed by atoms with E-state index >= 15 is 0 Å². The van der Waals surface area contributed by atoms with Gasteiger partial charge in [0, 0.05) is 25.4 Å². The second kappa shape index (κ2) is 7.85. The number of fused-ring (bicyclic) bond motifs is 3. The molecule has 0 unspecified atom stereocenters. The van der Waals surface area contributed by atoms with Gasteiger partial charge in [0.1, 0.15) is 0 Å². The Labute approximate surface area is 170 Å². The molecule has 1 fully saturated rings. The minimum absolute atomic E-state index is 0.111. The number of para-hydroxylation sites is 1. The summed E-state index contributed by atoms with van der Waals surface area (Å²) in [7, 11) is 0. The zero-order valence-electron chi connectivity index (χ0n) is 17.2. The van der Waals surface area contributed by atoms with Gasteiger partial charge in [-0.3, -0.25) is 19.3 Å². The number of esters is 1. The fourth-order valence-electron chi connectivity index (χ4n) is 3.99. The van der Waals surface area contributed by atoms with Crippen LogP contribution in [0.4, 0.5) is 5.69 Å². The molecule has 0 aliphatic carbocycles. The molecule has 156 valence electrons. The van der Waals surface area contributed by atoms with E-state index in [1.807, 2.05) is 13.8 Å². The number of hydrogen-bond donors (Lipinski definition) is 1. The second-order valence-corrected chi connectivity index (χ2v) is 8.11. The molecular weight excluding hydrogens is 374 g/mol. The number of carbonyl (C=O) groups is 4. The number of nitrogens with one attached hydrogen (secondary N) is 1. The van der Waals surface area contributed by atoms with Crippen LogP contribution in [0, 0.1) is 5.92 Å². The Morgan fingerprint density at radius 3 is 2.52 bits per heavy atom. The van der Waals surface area contributed by atoms with Crippen molar-refractivity contribution in [3.05, 3.63) is 29.8 Å². The number of ether oxygens (including phenoxy) is 1. The van der Waals surface area contributed by atoms with E-state index in [4.69, 9.17) is 4.74 Å². The van der Waals surface area contributed by atoms with Crippen LogP contribution in [0.15, 0.2) is 24.3 Å². The van der Waals surface area contributed by atoms with Crippen LogP contribution in [0.2, 0.25) is 0 Å². The predicted molar refractivity (Wildman–Crippen MR) is 106 cm³/mol. The van der Waals surface area contributed by atoms with E-state index < -0.39 is 24.1 Å². The molecule has 8 heteroatoms. The van der Waals surface area contributed by atoms with E-state index in [0.717, 1.165) is 0 Å². The lowest BCUT2D eigenvalue weighted by Crippen LogP contribution is -2.70. The van der Waals surface area contributed by atoms with Crippen molar-refractivity contribution in [3.63, 3.8) is 0 Å². The second-order valence-electron chi connectivity index (χ2n) is 8.11. The Hall–Kier alpha value is -2.90. The van der Waals surface area contributed by atoms with Crippen LogP contribution in [-0.4, -0.2) is 53.4 Å². The summed E-state index contributed by atoms with van der Waals surface area (Å²) in [5.74, 6) is -1.50. The fraction of sp³-hybridized carbons (Fsp3) is 0.524. The normalized spacial score (nSPS) is 20.8. The zero-order valence-corrected chi connectivity index (χ0v) is 17.2. The van der Waals surface area contributed by atoms with Gasteiger partial charge in [-0.2, -0.15) is 0 Å². The third-order valence-electron chi connectivity index (χ3n) is 5.18. The van der Waals surface area contributed by atoms with Crippen LogP contribution in [0.3, 0.4) is 0 Å². The molecule has 2 aliphatic heterocycles. The van der Waals surface area contributed by atoms with Crippen molar-refractivity contribution < 1.29 is 23.9 Å². The van der Waals surface area contributed by atoms with Crippen molar-refractivity contribution in [2.24, 2.45) is 5.92 Å². The minimum atomic E-state index is -1.57. The van der Waals surface area contributed by atoms with Gasteiger partial charge < -0.3 is 15.0 Å². The van der Waals surface area contributed by atoms with E-state index in [9.17, 15) is 19.2 Å². The van der Waals surface area contributed by atoms with Gasteiger partial charge >= 0.3 is 5.97 Å². The standard InChI is InChI=1S/C21H27N3O5/c1-13(2)11-22-17(25)12-29-20(28)21-10-9-18(26)24(21)16-8-6-5-7-15(16)19(27)23(21)14(3)4/h5-8,13-14H,9-12H2,1-4H3,(H,22,25)/t21-/m0/s1. The number of nitrogens with zero attached hydrogens (tertiary/aromatic N) is 2. The van der Waals surface area contributed by atoms with Gasteiger partial charge in [0.2, 0.25) is 11.6 Å². The molecule has 2 aliphatic rings. The molecule has 1 saturated heterocycles. The maximum Gasteiger partial charge on any atom is 0.354 e. The monoisotopic (exact) mass is 401 g/mol. The Balaban J connectivity index is 1.95. The predicted octanol–water partition coefficient (Wildman–Crippen LogP) is 1.69. The van der Waals surface area contributed by atoms with E-state index in [-0.39, 0.29) is 36.6 Å². The first kappa shape index (κ1) is 20.8. The first-order chi connectivity index (χ1) is 13.7. The molecule has 2 heterocycles. The number of hydrogen-bond acceptors (Lipinski definition) is 5. The molecule has 1 aromatic rings. The first-order valence-electron chi connectivity index (χ1n) is 9.89. The lowest BCUT2D eigenvalue weighted by molar-refractivity contribution is -0.161. The first-order valence-corrected chi connectivity index (χ1v) is 9.89. The van der Waals surface area contributed by atoms with Crippen molar-refractivity contribution >= 4 is 29.4 Å². The number of benzene rings is 1. The highest BCUT2D eigenvalue weighted by Crippen LogP contribution is 2.45. The molecule has 0 bridgehead atoms. The van der Waals surface area contributed by atoms with Crippen molar-refractivity contribution in [2.45, 2.75) is 52.2 Å². The van der Waals surface area contributed by atoms with Crippen LogP contribution >= 0.6 is 0 Å². The largest absolute Gasteiger partial charge is 0.452 e. The summed E-state index contributed by atoms with van der Waals surface area (Å²) in [6.07, 6.45) is 0.232. The Kier molecular flexibility index (Phi) is 5.64. The maximum atomic E-state index is 13.3. The summed E-state index contributed by atoms with van der Waals surface area (Å²) < 4.78 is 5.33. The smallest absolute Gasteiger partial charge is 0.354 e. The average Bonchev–Trinajstić information content (AvgIpc) is 3.02. The molecular formula is C21H27N3O5. The third kappa shape index (κ3) is 3.47. The molecule has 0 spiro atoms. The van der Waals surface area contributed by atoms with Crippen LogP contribution in [-0.2, 0) is 19.1 Å². The van der Waals surface area contributed by atoms with Gasteiger partial charge in [-0.15, -0.1) is 0 Å². The van der Waals surface area contributed by atoms with Crippen LogP contribution in [0.1, 0.15) is 50.9 Å². The molecule has 3 rings (SSSR count). The fourth-order valence-corrected chi connectivity index (χ4v) is 3.99. The van der Waals surface area contributed by atoms with Crippen LogP contribution in [0.5, 0.6) is 0 Å². The van der Waals surface area contributed by atoms with Crippen molar-refractivity contribution in [1.29, 1.82) is 0 Å². The van der Waals surface area contributed by atoms with Gasteiger partial charge in [-0.05, 0) is 31.9 Å². The Bertz CT molecular complexity index is 850. The molecule has 8 nitrogen and oxygen atoms in total.